The van der Waals surface area contributed by atoms with E-state index in [4.69, 9.17) is 11.6 Å². The Balaban J connectivity index is 2.48. The number of benzene rings is 1. The monoisotopic (exact) mass is 375 g/mol. The highest BCUT2D eigenvalue weighted by molar-refractivity contribution is 7.89. The Hall–Kier alpha value is -1.22. The molecule has 0 atom stereocenters. The molecule has 0 aliphatic carbocycles. The largest absolute Gasteiger partial charge is 0.317 e. The Bertz CT molecular complexity index is 718. The summed E-state index contributed by atoms with van der Waals surface area (Å²) in [6.45, 7) is 5.32. The lowest BCUT2D eigenvalue weighted by Crippen LogP contribution is -2.46. The Labute approximate surface area is 147 Å². The topological polar surface area (TPSA) is 92.6 Å². The van der Waals surface area contributed by atoms with Crippen LogP contribution in [-0.4, -0.2) is 43.3 Å². The molecule has 0 unspecified atom stereocenters. The average Bonchev–Trinajstić information content (AvgIpc) is 2.55. The molecule has 0 spiro atoms. The lowest BCUT2D eigenvalue weighted by molar-refractivity contribution is -0.385. The van der Waals surface area contributed by atoms with E-state index in [1.54, 1.807) is 0 Å². The molecule has 24 heavy (non-hydrogen) atoms. The van der Waals surface area contributed by atoms with Crippen LogP contribution in [0.3, 0.4) is 0 Å². The molecule has 0 saturated carbocycles. The van der Waals surface area contributed by atoms with E-state index in [9.17, 15) is 18.5 Å². The first kappa shape index (κ1) is 19.1. The number of rotatable bonds is 6. The van der Waals surface area contributed by atoms with Gasteiger partial charge in [-0.15, -0.1) is 0 Å². The predicted molar refractivity (Wildman–Crippen MR) is 92.9 cm³/mol. The molecular formula is C15H22ClN3O4S. The molecule has 1 saturated heterocycles. The summed E-state index contributed by atoms with van der Waals surface area (Å²) in [4.78, 5) is 10.5. The molecule has 0 amide bonds. The third-order valence-electron chi connectivity index (χ3n) is 4.25. The molecule has 0 aromatic heterocycles. The molecule has 0 bridgehead atoms. The molecule has 1 aliphatic rings. The summed E-state index contributed by atoms with van der Waals surface area (Å²) < 4.78 is 27.6. The smallest absolute Gasteiger partial charge is 0.275 e. The van der Waals surface area contributed by atoms with Gasteiger partial charge in [0.1, 0.15) is 0 Å². The normalized spacial score (nSPS) is 16.5. The van der Waals surface area contributed by atoms with Crippen LogP contribution in [0.25, 0.3) is 0 Å². The summed E-state index contributed by atoms with van der Waals surface area (Å²) in [5.74, 6) is 0. The standard InChI is InChI=1S/C15H22ClN3O4S/c1-3-8-18(12-4-6-17-7-5-12)24(22,23)13-9-14(16)11(2)15(10-13)19(20)21/h9-10,12,17H,3-8H2,1-2H3. The number of piperidine rings is 1. The van der Waals surface area contributed by atoms with Crippen molar-refractivity contribution in [2.24, 2.45) is 0 Å². The molecule has 7 nitrogen and oxygen atoms in total. The van der Waals surface area contributed by atoms with E-state index in [1.165, 1.54) is 17.3 Å². The Kier molecular flexibility index (Phi) is 6.19. The number of nitrogens with zero attached hydrogens (tertiary/aromatic N) is 2. The lowest BCUT2D eigenvalue weighted by atomic mass is 10.1. The number of nitrogens with one attached hydrogen (secondary N) is 1. The van der Waals surface area contributed by atoms with Crippen molar-refractivity contribution < 1.29 is 13.3 Å². The van der Waals surface area contributed by atoms with Crippen molar-refractivity contribution in [3.05, 3.63) is 32.8 Å². The third-order valence-corrected chi connectivity index (χ3v) is 6.58. The van der Waals surface area contributed by atoms with Crippen LogP contribution in [0, 0.1) is 17.0 Å². The van der Waals surface area contributed by atoms with Crippen LogP contribution < -0.4 is 5.32 Å². The minimum atomic E-state index is -3.84. The van der Waals surface area contributed by atoms with Crippen molar-refractivity contribution in [1.29, 1.82) is 0 Å². The van der Waals surface area contributed by atoms with Gasteiger partial charge in [0, 0.05) is 24.2 Å². The van der Waals surface area contributed by atoms with Gasteiger partial charge in [0.05, 0.1) is 14.8 Å². The van der Waals surface area contributed by atoms with E-state index in [1.807, 2.05) is 6.92 Å². The highest BCUT2D eigenvalue weighted by Crippen LogP contribution is 2.32. The van der Waals surface area contributed by atoms with E-state index in [0.29, 0.717) is 13.0 Å². The number of hydrogen-bond acceptors (Lipinski definition) is 5. The van der Waals surface area contributed by atoms with Gasteiger partial charge in [-0.1, -0.05) is 18.5 Å². The third kappa shape index (κ3) is 3.88. The molecule has 134 valence electrons. The molecule has 2 rings (SSSR count). The quantitative estimate of drug-likeness (QED) is 0.609. The van der Waals surface area contributed by atoms with Gasteiger partial charge in [-0.2, -0.15) is 4.31 Å². The van der Waals surface area contributed by atoms with Crippen molar-refractivity contribution in [2.45, 2.75) is 44.0 Å². The van der Waals surface area contributed by atoms with Crippen LogP contribution in [0.4, 0.5) is 5.69 Å². The SMILES string of the molecule is CCCN(C1CCNCC1)S(=O)(=O)c1cc(Cl)c(C)c([N+](=O)[O-])c1. The van der Waals surface area contributed by atoms with Gasteiger partial charge in [-0.3, -0.25) is 10.1 Å². The summed E-state index contributed by atoms with van der Waals surface area (Å²) in [6, 6.07) is 2.32. The van der Waals surface area contributed by atoms with Gasteiger partial charge in [-0.25, -0.2) is 8.42 Å². The van der Waals surface area contributed by atoms with E-state index in [-0.39, 0.29) is 27.2 Å². The number of hydrogen-bond donors (Lipinski definition) is 1. The minimum Gasteiger partial charge on any atom is -0.317 e. The van der Waals surface area contributed by atoms with Crippen molar-refractivity contribution in [3.63, 3.8) is 0 Å². The summed E-state index contributed by atoms with van der Waals surface area (Å²) in [5, 5.41) is 14.5. The van der Waals surface area contributed by atoms with E-state index in [0.717, 1.165) is 32.0 Å². The van der Waals surface area contributed by atoms with Crippen molar-refractivity contribution in [1.82, 2.24) is 9.62 Å². The van der Waals surface area contributed by atoms with Crippen LogP contribution in [0.2, 0.25) is 5.02 Å². The number of nitro groups is 1. The summed E-state index contributed by atoms with van der Waals surface area (Å²) in [7, 11) is -3.84. The maximum absolute atomic E-state index is 13.1. The first-order chi connectivity index (χ1) is 11.3. The zero-order valence-electron chi connectivity index (χ0n) is 13.8. The number of nitro benzene ring substituents is 1. The van der Waals surface area contributed by atoms with Gasteiger partial charge >= 0.3 is 0 Å². The molecule has 1 fully saturated rings. The van der Waals surface area contributed by atoms with Crippen molar-refractivity contribution in [2.75, 3.05) is 19.6 Å². The van der Waals surface area contributed by atoms with Crippen LogP contribution >= 0.6 is 11.6 Å². The number of halogens is 1. The highest BCUT2D eigenvalue weighted by atomic mass is 35.5. The molecule has 1 aromatic rings. The Morgan fingerprint density at radius 1 is 1.38 bits per heavy atom. The summed E-state index contributed by atoms with van der Waals surface area (Å²) in [5.41, 5.74) is -0.00708. The van der Waals surface area contributed by atoms with Crippen molar-refractivity contribution >= 4 is 27.3 Å². The molecule has 1 N–H and O–H groups in total. The second-order valence-corrected chi connectivity index (χ2v) is 8.20. The molecule has 1 aliphatic heterocycles. The van der Waals surface area contributed by atoms with Crippen LogP contribution in [0.5, 0.6) is 0 Å². The van der Waals surface area contributed by atoms with Gasteiger partial charge in [-0.05, 0) is 45.3 Å². The second-order valence-electron chi connectivity index (χ2n) is 5.90. The molecule has 0 radical (unpaired) electrons. The first-order valence-electron chi connectivity index (χ1n) is 7.96. The Morgan fingerprint density at radius 3 is 2.54 bits per heavy atom. The van der Waals surface area contributed by atoms with Crippen LogP contribution in [-0.2, 0) is 10.0 Å². The fourth-order valence-corrected chi connectivity index (χ4v) is 5.03. The van der Waals surface area contributed by atoms with Gasteiger partial charge in [0.2, 0.25) is 10.0 Å². The van der Waals surface area contributed by atoms with E-state index in [2.05, 4.69) is 5.32 Å². The molecule has 1 heterocycles. The minimum absolute atomic E-state index is 0.0875. The highest BCUT2D eigenvalue weighted by Gasteiger charge is 2.33. The van der Waals surface area contributed by atoms with Crippen molar-refractivity contribution in [3.8, 4) is 0 Å². The first-order valence-corrected chi connectivity index (χ1v) is 9.78. The maximum Gasteiger partial charge on any atom is 0.275 e. The zero-order chi connectivity index (χ0) is 17.9. The van der Waals surface area contributed by atoms with Crippen LogP contribution in [0.1, 0.15) is 31.7 Å². The Morgan fingerprint density at radius 2 is 2.00 bits per heavy atom. The number of sulfonamides is 1. The van der Waals surface area contributed by atoms with Gasteiger partial charge < -0.3 is 5.32 Å². The summed E-state index contributed by atoms with van der Waals surface area (Å²) >= 11 is 6.04. The molecular weight excluding hydrogens is 354 g/mol. The van der Waals surface area contributed by atoms with Crippen LogP contribution in [0.15, 0.2) is 17.0 Å². The molecule has 9 heteroatoms. The van der Waals surface area contributed by atoms with Gasteiger partial charge in [0.15, 0.2) is 0 Å². The van der Waals surface area contributed by atoms with E-state index >= 15 is 0 Å². The fraction of sp³-hybridized carbons (Fsp3) is 0.600. The second kappa shape index (κ2) is 7.77. The lowest BCUT2D eigenvalue weighted by Gasteiger charge is -2.33. The summed E-state index contributed by atoms with van der Waals surface area (Å²) in [6.07, 6.45) is 2.12. The zero-order valence-corrected chi connectivity index (χ0v) is 15.4. The maximum atomic E-state index is 13.1. The fourth-order valence-electron chi connectivity index (χ4n) is 2.93. The average molecular weight is 376 g/mol. The van der Waals surface area contributed by atoms with Gasteiger partial charge in [0.25, 0.3) is 5.69 Å². The molecule has 1 aromatic carbocycles. The van der Waals surface area contributed by atoms with E-state index < -0.39 is 14.9 Å². The predicted octanol–water partition coefficient (Wildman–Crippen LogP) is 2.71.